The third kappa shape index (κ3) is 6.00. The maximum atomic E-state index is 10.4. The van der Waals surface area contributed by atoms with Crippen LogP contribution in [0.5, 0.6) is 0 Å². The van der Waals surface area contributed by atoms with E-state index in [2.05, 4.69) is 37.5 Å². The number of likely N-dealkylation sites (N-methyl/N-ethyl adjacent to an activating group) is 1. The van der Waals surface area contributed by atoms with E-state index in [1.165, 1.54) is 12.8 Å². The maximum Gasteiger partial charge on any atom is 0.0900 e. The summed E-state index contributed by atoms with van der Waals surface area (Å²) < 4.78 is 6.19. The van der Waals surface area contributed by atoms with Crippen LogP contribution in [0.3, 0.4) is 0 Å². The Bertz CT molecular complexity index is 329. The normalized spacial score (nSPS) is 32.3. The highest BCUT2D eigenvalue weighted by Crippen LogP contribution is 2.35. The number of nitrogens with zero attached hydrogens (tertiary/aromatic N) is 2. The van der Waals surface area contributed by atoms with Crippen molar-refractivity contribution in [2.45, 2.75) is 59.2 Å². The molecule has 4 heteroatoms. The summed E-state index contributed by atoms with van der Waals surface area (Å²) in [6, 6.07) is 0. The van der Waals surface area contributed by atoms with Crippen LogP contribution in [0.4, 0.5) is 0 Å². The van der Waals surface area contributed by atoms with Gasteiger partial charge in [-0.05, 0) is 37.1 Å². The Morgan fingerprint density at radius 2 is 1.74 bits per heavy atom. The molecule has 136 valence electrons. The zero-order valence-electron chi connectivity index (χ0n) is 15.7. The second kappa shape index (κ2) is 9.36. The molecule has 0 radical (unpaired) electrons. The lowest BCUT2D eigenvalue weighted by atomic mass is 9.75. The first-order chi connectivity index (χ1) is 11.0. The molecule has 1 N–H and O–H groups in total. The molecule has 4 atom stereocenters. The number of β-amino-alcohol motifs (C(OH)–C–C–N with tert-alkyl or cyclic N) is 1. The standard InChI is InChI=1S/C19H38N2O2/c1-5-20-8-10-21(11-9-20)13-17(22)14-23-19-12-16(4)6-7-18(19)15(2)3/h15-19,22H,5-14H2,1-4H3/t16-,17+,18-,19+/m1/s1. The number of aliphatic hydroxyl groups is 1. The SMILES string of the molecule is CCN1CCN(C[C@H](O)CO[C@H]2C[C@H](C)CC[C@@H]2C(C)C)CC1. The minimum absolute atomic E-state index is 0.338. The van der Waals surface area contributed by atoms with Gasteiger partial charge in [-0.25, -0.2) is 0 Å². The Hall–Kier alpha value is -0.160. The van der Waals surface area contributed by atoms with Crippen LogP contribution in [-0.2, 0) is 4.74 Å². The molecular weight excluding hydrogens is 288 g/mol. The van der Waals surface area contributed by atoms with Gasteiger partial charge in [0.25, 0.3) is 0 Å². The van der Waals surface area contributed by atoms with Gasteiger partial charge in [-0.15, -0.1) is 0 Å². The second-order valence-electron chi connectivity index (χ2n) is 8.09. The molecule has 1 aliphatic carbocycles. The highest BCUT2D eigenvalue weighted by molar-refractivity contribution is 4.82. The Morgan fingerprint density at radius 3 is 2.35 bits per heavy atom. The van der Waals surface area contributed by atoms with Crippen LogP contribution in [0, 0.1) is 17.8 Å². The van der Waals surface area contributed by atoms with Gasteiger partial charge in [0.2, 0.25) is 0 Å². The smallest absolute Gasteiger partial charge is 0.0900 e. The van der Waals surface area contributed by atoms with Gasteiger partial charge in [0, 0.05) is 32.7 Å². The molecule has 0 spiro atoms. The fourth-order valence-electron chi connectivity index (χ4n) is 4.18. The summed E-state index contributed by atoms with van der Waals surface area (Å²) in [6.45, 7) is 15.9. The first-order valence-corrected chi connectivity index (χ1v) is 9.74. The summed E-state index contributed by atoms with van der Waals surface area (Å²) in [5.74, 6) is 2.09. The molecule has 1 saturated heterocycles. The lowest BCUT2D eigenvalue weighted by Gasteiger charge is -2.38. The maximum absolute atomic E-state index is 10.4. The van der Waals surface area contributed by atoms with Crippen LogP contribution in [0.25, 0.3) is 0 Å². The van der Waals surface area contributed by atoms with Gasteiger partial charge in [-0.3, -0.25) is 4.90 Å². The van der Waals surface area contributed by atoms with Crippen LogP contribution >= 0.6 is 0 Å². The molecule has 0 aromatic carbocycles. The highest BCUT2D eigenvalue weighted by Gasteiger charge is 2.31. The third-order valence-corrected chi connectivity index (χ3v) is 5.85. The summed E-state index contributed by atoms with van der Waals surface area (Å²) in [7, 11) is 0. The highest BCUT2D eigenvalue weighted by atomic mass is 16.5. The van der Waals surface area contributed by atoms with Crippen molar-refractivity contribution >= 4 is 0 Å². The van der Waals surface area contributed by atoms with Crippen molar-refractivity contribution in [2.75, 3.05) is 45.9 Å². The topological polar surface area (TPSA) is 35.9 Å². The second-order valence-corrected chi connectivity index (χ2v) is 8.09. The fraction of sp³-hybridized carbons (Fsp3) is 1.00. The Kier molecular flexibility index (Phi) is 7.80. The van der Waals surface area contributed by atoms with Crippen molar-refractivity contribution in [3.63, 3.8) is 0 Å². The molecule has 0 aromatic heterocycles. The molecule has 2 rings (SSSR count). The van der Waals surface area contributed by atoms with Crippen LogP contribution in [0.15, 0.2) is 0 Å². The van der Waals surface area contributed by atoms with Gasteiger partial charge in [-0.1, -0.05) is 34.1 Å². The van der Waals surface area contributed by atoms with Crippen molar-refractivity contribution in [3.8, 4) is 0 Å². The van der Waals surface area contributed by atoms with E-state index in [4.69, 9.17) is 4.74 Å². The van der Waals surface area contributed by atoms with Crippen molar-refractivity contribution in [1.29, 1.82) is 0 Å². The summed E-state index contributed by atoms with van der Waals surface area (Å²) >= 11 is 0. The molecule has 1 saturated carbocycles. The van der Waals surface area contributed by atoms with Crippen LogP contribution in [0.2, 0.25) is 0 Å². The largest absolute Gasteiger partial charge is 0.389 e. The van der Waals surface area contributed by atoms with E-state index in [0.717, 1.165) is 51.6 Å². The molecule has 2 aliphatic rings. The number of hydrogen-bond donors (Lipinski definition) is 1. The van der Waals surface area contributed by atoms with Crippen molar-refractivity contribution < 1.29 is 9.84 Å². The number of rotatable bonds is 7. The Morgan fingerprint density at radius 1 is 1.09 bits per heavy atom. The third-order valence-electron chi connectivity index (χ3n) is 5.85. The van der Waals surface area contributed by atoms with Gasteiger partial charge in [0.05, 0.1) is 18.8 Å². The Labute approximate surface area is 143 Å². The number of ether oxygens (including phenoxy) is 1. The van der Waals surface area contributed by atoms with Crippen LogP contribution in [0.1, 0.15) is 47.0 Å². The molecule has 2 fully saturated rings. The quantitative estimate of drug-likeness (QED) is 0.780. The summed E-state index contributed by atoms with van der Waals surface area (Å²) in [5.41, 5.74) is 0. The predicted octanol–water partition coefficient (Wildman–Crippen LogP) is 2.46. The van der Waals surface area contributed by atoms with Gasteiger partial charge in [-0.2, -0.15) is 0 Å². The molecule has 1 aliphatic heterocycles. The molecule has 23 heavy (non-hydrogen) atoms. The minimum Gasteiger partial charge on any atom is -0.389 e. The van der Waals surface area contributed by atoms with E-state index in [0.29, 0.717) is 24.5 Å². The monoisotopic (exact) mass is 326 g/mol. The molecular formula is C19H38N2O2. The summed E-state index contributed by atoms with van der Waals surface area (Å²) in [5, 5.41) is 10.4. The minimum atomic E-state index is -0.353. The van der Waals surface area contributed by atoms with E-state index in [1.807, 2.05) is 0 Å². The average Bonchev–Trinajstić information content (AvgIpc) is 2.53. The van der Waals surface area contributed by atoms with Crippen molar-refractivity contribution in [2.24, 2.45) is 17.8 Å². The van der Waals surface area contributed by atoms with E-state index < -0.39 is 0 Å². The van der Waals surface area contributed by atoms with Crippen LogP contribution < -0.4 is 0 Å². The zero-order chi connectivity index (χ0) is 16.8. The van der Waals surface area contributed by atoms with Crippen molar-refractivity contribution in [3.05, 3.63) is 0 Å². The lowest BCUT2D eigenvalue weighted by molar-refractivity contribution is -0.0753. The number of hydrogen-bond acceptors (Lipinski definition) is 4. The van der Waals surface area contributed by atoms with Crippen LogP contribution in [-0.4, -0.2) is 73.0 Å². The van der Waals surface area contributed by atoms with Gasteiger partial charge < -0.3 is 14.7 Å². The van der Waals surface area contributed by atoms with Crippen molar-refractivity contribution in [1.82, 2.24) is 9.80 Å². The molecule has 0 aromatic rings. The first-order valence-electron chi connectivity index (χ1n) is 9.74. The fourth-order valence-corrected chi connectivity index (χ4v) is 4.18. The number of aliphatic hydroxyl groups excluding tert-OH is 1. The Balaban J connectivity index is 1.71. The summed E-state index contributed by atoms with van der Waals surface area (Å²) in [6.07, 6.45) is 3.74. The van der Waals surface area contributed by atoms with Gasteiger partial charge in [0.1, 0.15) is 0 Å². The van der Waals surface area contributed by atoms with E-state index >= 15 is 0 Å². The average molecular weight is 327 g/mol. The van der Waals surface area contributed by atoms with Gasteiger partial charge >= 0.3 is 0 Å². The molecule has 4 nitrogen and oxygen atoms in total. The molecule has 0 unspecified atom stereocenters. The molecule has 0 bridgehead atoms. The molecule has 0 amide bonds. The predicted molar refractivity (Wildman–Crippen MR) is 95.6 cm³/mol. The molecule has 1 heterocycles. The van der Waals surface area contributed by atoms with Gasteiger partial charge in [0.15, 0.2) is 0 Å². The van der Waals surface area contributed by atoms with E-state index in [-0.39, 0.29) is 6.10 Å². The summed E-state index contributed by atoms with van der Waals surface area (Å²) in [4.78, 5) is 4.85. The first kappa shape index (κ1) is 19.2. The lowest BCUT2D eigenvalue weighted by Crippen LogP contribution is -2.49. The number of piperazine rings is 1. The zero-order valence-corrected chi connectivity index (χ0v) is 15.7. The van der Waals surface area contributed by atoms with E-state index in [9.17, 15) is 5.11 Å². The van der Waals surface area contributed by atoms with E-state index in [1.54, 1.807) is 0 Å².